The van der Waals surface area contributed by atoms with Gasteiger partial charge in [0, 0.05) is 38.9 Å². The molecule has 0 aliphatic carbocycles. The van der Waals surface area contributed by atoms with Crippen molar-refractivity contribution in [3.8, 4) is 0 Å². The average Bonchev–Trinajstić information content (AvgIpc) is 2.31. The van der Waals surface area contributed by atoms with Crippen LogP contribution in [0, 0.1) is 0 Å². The summed E-state index contributed by atoms with van der Waals surface area (Å²) in [7, 11) is 0. The van der Waals surface area contributed by atoms with Gasteiger partial charge in [0.05, 0.1) is 6.54 Å². The number of hydrogen-bond donors (Lipinski definition) is 1. The predicted octanol–water partition coefficient (Wildman–Crippen LogP) is 0.0851. The largest absolute Gasteiger partial charge is 0.494 e. The summed E-state index contributed by atoms with van der Waals surface area (Å²) in [6.07, 6.45) is 2.18. The van der Waals surface area contributed by atoms with Crippen molar-refractivity contribution < 1.29 is 4.74 Å². The first-order chi connectivity index (χ1) is 7.38. The first-order valence-electron chi connectivity index (χ1n) is 5.89. The summed E-state index contributed by atoms with van der Waals surface area (Å²) in [5.74, 6) is 1.09. The van der Waals surface area contributed by atoms with Crippen LogP contribution in [0.4, 0.5) is 0 Å². The molecule has 0 atom stereocenters. The van der Waals surface area contributed by atoms with Crippen LogP contribution in [0.15, 0.2) is 12.0 Å². The van der Waals surface area contributed by atoms with Gasteiger partial charge in [-0.3, -0.25) is 0 Å². The standard InChI is InChI=1S/C11H21N3O/c1-2-13-4-6-14(7-5-13)10-11-9-12-3-8-15-11/h10,12H,2-9H2,1H3/b11-10-. The highest BCUT2D eigenvalue weighted by Gasteiger charge is 2.14. The van der Waals surface area contributed by atoms with Crippen molar-refractivity contribution in [2.24, 2.45) is 0 Å². The normalized spacial score (nSPS) is 26.7. The molecule has 0 unspecified atom stereocenters. The lowest BCUT2D eigenvalue weighted by atomic mass is 10.3. The van der Waals surface area contributed by atoms with Gasteiger partial charge in [0.15, 0.2) is 0 Å². The third-order valence-electron chi connectivity index (χ3n) is 3.05. The Hall–Kier alpha value is -0.740. The topological polar surface area (TPSA) is 27.7 Å². The molecule has 0 bridgehead atoms. The van der Waals surface area contributed by atoms with Crippen LogP contribution in [0.1, 0.15) is 6.92 Å². The molecule has 4 nitrogen and oxygen atoms in total. The van der Waals surface area contributed by atoms with E-state index in [0.717, 1.165) is 38.5 Å². The molecule has 0 saturated carbocycles. The van der Waals surface area contributed by atoms with Crippen molar-refractivity contribution in [1.82, 2.24) is 15.1 Å². The quantitative estimate of drug-likeness (QED) is 0.700. The molecule has 0 aromatic carbocycles. The molecule has 4 heteroatoms. The fraction of sp³-hybridized carbons (Fsp3) is 0.818. The van der Waals surface area contributed by atoms with Gasteiger partial charge in [0.2, 0.25) is 0 Å². The predicted molar refractivity (Wildman–Crippen MR) is 60.6 cm³/mol. The van der Waals surface area contributed by atoms with E-state index in [0.29, 0.717) is 0 Å². The van der Waals surface area contributed by atoms with Gasteiger partial charge in [-0.15, -0.1) is 0 Å². The zero-order valence-electron chi connectivity index (χ0n) is 9.54. The Balaban J connectivity index is 1.79. The van der Waals surface area contributed by atoms with E-state index in [-0.39, 0.29) is 0 Å². The Morgan fingerprint density at radius 2 is 2.13 bits per heavy atom. The Morgan fingerprint density at radius 3 is 2.73 bits per heavy atom. The highest BCUT2D eigenvalue weighted by atomic mass is 16.5. The van der Waals surface area contributed by atoms with Gasteiger partial charge >= 0.3 is 0 Å². The second kappa shape index (κ2) is 5.37. The number of rotatable bonds is 2. The fourth-order valence-corrected chi connectivity index (χ4v) is 2.01. The van der Waals surface area contributed by atoms with Crippen LogP contribution >= 0.6 is 0 Å². The molecule has 2 heterocycles. The second-order valence-electron chi connectivity index (χ2n) is 4.09. The molecule has 2 aliphatic heterocycles. The summed E-state index contributed by atoms with van der Waals surface area (Å²) in [6.45, 7) is 10.7. The lowest BCUT2D eigenvalue weighted by Gasteiger charge is -2.34. The van der Waals surface area contributed by atoms with Crippen LogP contribution in [-0.4, -0.2) is 62.2 Å². The van der Waals surface area contributed by atoms with Crippen molar-refractivity contribution in [3.05, 3.63) is 12.0 Å². The van der Waals surface area contributed by atoms with Crippen LogP contribution in [-0.2, 0) is 4.74 Å². The first kappa shape index (κ1) is 10.8. The lowest BCUT2D eigenvalue weighted by molar-refractivity contribution is 0.147. The van der Waals surface area contributed by atoms with Gasteiger partial charge < -0.3 is 19.9 Å². The molecule has 86 valence electrons. The van der Waals surface area contributed by atoms with Crippen molar-refractivity contribution in [1.29, 1.82) is 0 Å². The van der Waals surface area contributed by atoms with Gasteiger partial charge in [-0.2, -0.15) is 0 Å². The summed E-state index contributed by atoms with van der Waals surface area (Å²) in [5, 5.41) is 3.31. The second-order valence-corrected chi connectivity index (χ2v) is 4.09. The summed E-state index contributed by atoms with van der Waals surface area (Å²) >= 11 is 0. The minimum atomic E-state index is 0.806. The monoisotopic (exact) mass is 211 g/mol. The highest BCUT2D eigenvalue weighted by Crippen LogP contribution is 2.06. The summed E-state index contributed by atoms with van der Waals surface area (Å²) in [6, 6.07) is 0. The van der Waals surface area contributed by atoms with E-state index in [4.69, 9.17) is 4.74 Å². The molecular formula is C11H21N3O. The average molecular weight is 211 g/mol. The molecule has 2 saturated heterocycles. The molecule has 0 radical (unpaired) electrons. The molecule has 0 aromatic rings. The minimum Gasteiger partial charge on any atom is -0.494 e. The molecule has 2 fully saturated rings. The molecule has 2 aliphatic rings. The van der Waals surface area contributed by atoms with Crippen LogP contribution in [0.5, 0.6) is 0 Å². The van der Waals surface area contributed by atoms with E-state index in [1.165, 1.54) is 19.6 Å². The van der Waals surface area contributed by atoms with Gasteiger partial charge in [0.1, 0.15) is 12.4 Å². The number of morpholine rings is 1. The zero-order valence-corrected chi connectivity index (χ0v) is 9.54. The first-order valence-corrected chi connectivity index (χ1v) is 5.89. The third kappa shape index (κ3) is 3.11. The van der Waals surface area contributed by atoms with Gasteiger partial charge in [-0.25, -0.2) is 0 Å². The number of hydrogen-bond acceptors (Lipinski definition) is 4. The maximum absolute atomic E-state index is 5.58. The van der Waals surface area contributed by atoms with Crippen LogP contribution < -0.4 is 5.32 Å². The minimum absolute atomic E-state index is 0.806. The maximum Gasteiger partial charge on any atom is 0.126 e. The number of likely N-dealkylation sites (N-methyl/N-ethyl adjacent to an activating group) is 1. The third-order valence-corrected chi connectivity index (χ3v) is 3.05. The smallest absolute Gasteiger partial charge is 0.126 e. The van der Waals surface area contributed by atoms with E-state index >= 15 is 0 Å². The molecule has 2 rings (SSSR count). The number of ether oxygens (including phenoxy) is 1. The van der Waals surface area contributed by atoms with E-state index in [1.807, 2.05) is 0 Å². The van der Waals surface area contributed by atoms with Gasteiger partial charge in [-0.1, -0.05) is 6.92 Å². The number of nitrogens with one attached hydrogen (secondary N) is 1. The van der Waals surface area contributed by atoms with Crippen LogP contribution in [0.3, 0.4) is 0 Å². The Labute approximate surface area is 91.9 Å². The zero-order chi connectivity index (χ0) is 10.5. The van der Waals surface area contributed by atoms with Crippen molar-refractivity contribution in [2.75, 3.05) is 52.4 Å². The molecule has 0 aromatic heterocycles. The fourth-order valence-electron chi connectivity index (χ4n) is 2.01. The maximum atomic E-state index is 5.58. The summed E-state index contributed by atoms with van der Waals surface area (Å²) < 4.78 is 5.58. The van der Waals surface area contributed by atoms with E-state index in [2.05, 4.69) is 28.2 Å². The summed E-state index contributed by atoms with van der Waals surface area (Å²) in [4.78, 5) is 4.85. The van der Waals surface area contributed by atoms with E-state index < -0.39 is 0 Å². The number of piperazine rings is 1. The van der Waals surface area contributed by atoms with Gasteiger partial charge in [-0.05, 0) is 6.54 Å². The Morgan fingerprint density at radius 1 is 1.33 bits per heavy atom. The van der Waals surface area contributed by atoms with Crippen LogP contribution in [0.25, 0.3) is 0 Å². The highest BCUT2D eigenvalue weighted by molar-refractivity contribution is 4.98. The Bertz CT molecular complexity index is 214. The Kier molecular flexibility index (Phi) is 3.86. The summed E-state index contributed by atoms with van der Waals surface area (Å²) in [5.41, 5.74) is 0. The molecule has 15 heavy (non-hydrogen) atoms. The van der Waals surface area contributed by atoms with Crippen molar-refractivity contribution >= 4 is 0 Å². The molecule has 1 N–H and O–H groups in total. The SMILES string of the molecule is CCN1CCN(/C=C2/CNCCO2)CC1. The molecule has 0 spiro atoms. The lowest BCUT2D eigenvalue weighted by Crippen LogP contribution is -2.44. The van der Waals surface area contributed by atoms with E-state index in [9.17, 15) is 0 Å². The molecule has 0 amide bonds. The molecular weight excluding hydrogens is 190 g/mol. The van der Waals surface area contributed by atoms with Crippen molar-refractivity contribution in [2.45, 2.75) is 6.92 Å². The van der Waals surface area contributed by atoms with E-state index in [1.54, 1.807) is 0 Å². The number of nitrogens with zero attached hydrogens (tertiary/aromatic N) is 2. The van der Waals surface area contributed by atoms with Crippen LogP contribution in [0.2, 0.25) is 0 Å². The van der Waals surface area contributed by atoms with Gasteiger partial charge in [0.25, 0.3) is 0 Å². The van der Waals surface area contributed by atoms with Crippen molar-refractivity contribution in [3.63, 3.8) is 0 Å².